The van der Waals surface area contributed by atoms with E-state index < -0.39 is 12.1 Å². The Hall–Kier alpha value is -2.05. The Balaban J connectivity index is 2.18. The van der Waals surface area contributed by atoms with Crippen molar-refractivity contribution in [2.45, 2.75) is 33.3 Å². The topological polar surface area (TPSA) is 64.6 Å². The lowest BCUT2D eigenvalue weighted by atomic mass is 10.1. The Bertz CT molecular complexity index is 787. The average molecular weight is 382 g/mol. The van der Waals surface area contributed by atoms with Crippen molar-refractivity contribution in [3.05, 3.63) is 45.3 Å². The standard InChI is InChI=1S/C18H20ClNO4S/c1-5-14-11(3)25-17(15(14)18(22)23-4)20-16(21)10(2)24-13-8-6-7-12(19)9-13/h6-10H,5H2,1-4H3,(H,20,21)/t10-/m1/s1. The average Bonchev–Trinajstić information content (AvgIpc) is 2.89. The first kappa shape index (κ1) is 19.3. The maximum absolute atomic E-state index is 12.5. The van der Waals surface area contributed by atoms with Crippen molar-refractivity contribution in [1.29, 1.82) is 0 Å². The Labute approximate surface area is 155 Å². The molecule has 1 N–H and O–H groups in total. The molecule has 7 heteroatoms. The summed E-state index contributed by atoms with van der Waals surface area (Å²) in [5.41, 5.74) is 1.30. The number of carbonyl (C=O) groups excluding carboxylic acids is 2. The third-order valence-corrected chi connectivity index (χ3v) is 4.96. The zero-order valence-electron chi connectivity index (χ0n) is 14.5. The number of hydrogen-bond acceptors (Lipinski definition) is 5. The Kier molecular flexibility index (Phi) is 6.45. The van der Waals surface area contributed by atoms with E-state index >= 15 is 0 Å². The van der Waals surface area contributed by atoms with Crippen LogP contribution in [0.1, 0.15) is 34.6 Å². The summed E-state index contributed by atoms with van der Waals surface area (Å²) in [5.74, 6) is -0.311. The second-order valence-electron chi connectivity index (χ2n) is 5.39. The minimum absolute atomic E-state index is 0.353. The third-order valence-electron chi connectivity index (χ3n) is 3.67. The van der Waals surface area contributed by atoms with Gasteiger partial charge in [-0.25, -0.2) is 4.79 Å². The Morgan fingerprint density at radius 1 is 1.36 bits per heavy atom. The second-order valence-corrected chi connectivity index (χ2v) is 7.05. The highest BCUT2D eigenvalue weighted by Gasteiger charge is 2.25. The van der Waals surface area contributed by atoms with Gasteiger partial charge in [0.2, 0.25) is 0 Å². The number of benzene rings is 1. The van der Waals surface area contributed by atoms with Crippen LogP contribution in [0.15, 0.2) is 24.3 Å². The quantitative estimate of drug-likeness (QED) is 0.750. The Morgan fingerprint density at radius 3 is 2.68 bits per heavy atom. The van der Waals surface area contributed by atoms with Gasteiger partial charge >= 0.3 is 5.97 Å². The van der Waals surface area contributed by atoms with Crippen LogP contribution in [0.3, 0.4) is 0 Å². The van der Waals surface area contributed by atoms with Crippen molar-refractivity contribution >= 4 is 39.8 Å². The number of anilines is 1. The Morgan fingerprint density at radius 2 is 2.08 bits per heavy atom. The first-order valence-electron chi connectivity index (χ1n) is 7.81. The molecule has 2 rings (SSSR count). The summed E-state index contributed by atoms with van der Waals surface area (Å²) >= 11 is 7.27. The molecule has 0 fully saturated rings. The summed E-state index contributed by atoms with van der Waals surface area (Å²) in [5, 5.41) is 3.78. The van der Waals surface area contributed by atoms with Crippen molar-refractivity contribution in [2.24, 2.45) is 0 Å². The van der Waals surface area contributed by atoms with Crippen LogP contribution < -0.4 is 10.1 Å². The molecule has 1 heterocycles. The number of thiophene rings is 1. The molecule has 0 radical (unpaired) electrons. The fraction of sp³-hybridized carbons (Fsp3) is 0.333. The van der Waals surface area contributed by atoms with Gasteiger partial charge in [0.1, 0.15) is 10.8 Å². The summed E-state index contributed by atoms with van der Waals surface area (Å²) in [4.78, 5) is 25.5. The maximum Gasteiger partial charge on any atom is 0.341 e. The number of nitrogens with one attached hydrogen (secondary N) is 1. The van der Waals surface area contributed by atoms with Crippen molar-refractivity contribution < 1.29 is 19.1 Å². The molecular weight excluding hydrogens is 362 g/mol. The number of aryl methyl sites for hydroxylation is 1. The molecule has 0 saturated carbocycles. The molecule has 25 heavy (non-hydrogen) atoms. The highest BCUT2D eigenvalue weighted by molar-refractivity contribution is 7.16. The molecule has 0 aliphatic carbocycles. The fourth-order valence-electron chi connectivity index (χ4n) is 2.42. The summed E-state index contributed by atoms with van der Waals surface area (Å²) < 4.78 is 10.5. The van der Waals surface area contributed by atoms with Gasteiger partial charge < -0.3 is 14.8 Å². The monoisotopic (exact) mass is 381 g/mol. The summed E-state index contributed by atoms with van der Waals surface area (Å²) in [7, 11) is 1.32. The van der Waals surface area contributed by atoms with Crippen LogP contribution in [0.4, 0.5) is 5.00 Å². The zero-order chi connectivity index (χ0) is 18.6. The lowest BCUT2D eigenvalue weighted by Crippen LogP contribution is -2.30. The molecule has 0 spiro atoms. The van der Waals surface area contributed by atoms with Gasteiger partial charge in [0.25, 0.3) is 5.91 Å². The molecule has 2 aromatic rings. The molecule has 1 atom stereocenters. The minimum atomic E-state index is -0.753. The smallest absolute Gasteiger partial charge is 0.341 e. The number of methoxy groups -OCH3 is 1. The van der Waals surface area contributed by atoms with Crippen LogP contribution in [-0.2, 0) is 16.0 Å². The van der Waals surface area contributed by atoms with Gasteiger partial charge in [-0.05, 0) is 44.0 Å². The van der Waals surface area contributed by atoms with E-state index in [9.17, 15) is 9.59 Å². The van der Waals surface area contributed by atoms with E-state index in [0.29, 0.717) is 27.8 Å². The van der Waals surface area contributed by atoms with Gasteiger partial charge in [-0.3, -0.25) is 4.79 Å². The number of amides is 1. The van der Waals surface area contributed by atoms with Crippen molar-refractivity contribution in [3.63, 3.8) is 0 Å². The van der Waals surface area contributed by atoms with E-state index in [-0.39, 0.29) is 5.91 Å². The number of hydrogen-bond donors (Lipinski definition) is 1. The van der Waals surface area contributed by atoms with E-state index in [1.807, 2.05) is 13.8 Å². The highest BCUT2D eigenvalue weighted by Crippen LogP contribution is 2.34. The van der Waals surface area contributed by atoms with Gasteiger partial charge in [-0.1, -0.05) is 24.6 Å². The van der Waals surface area contributed by atoms with E-state index in [4.69, 9.17) is 21.1 Å². The van der Waals surface area contributed by atoms with E-state index in [1.54, 1.807) is 31.2 Å². The lowest BCUT2D eigenvalue weighted by molar-refractivity contribution is -0.122. The fourth-order valence-corrected chi connectivity index (χ4v) is 3.74. The maximum atomic E-state index is 12.5. The van der Waals surface area contributed by atoms with Gasteiger partial charge in [-0.2, -0.15) is 0 Å². The number of halogens is 1. The number of carbonyl (C=O) groups is 2. The normalized spacial score (nSPS) is 11.7. The number of ether oxygens (including phenoxy) is 2. The van der Waals surface area contributed by atoms with Gasteiger partial charge in [0.05, 0.1) is 12.7 Å². The molecule has 5 nitrogen and oxygen atoms in total. The highest BCUT2D eigenvalue weighted by atomic mass is 35.5. The third kappa shape index (κ3) is 4.52. The van der Waals surface area contributed by atoms with E-state index in [0.717, 1.165) is 10.4 Å². The van der Waals surface area contributed by atoms with Gasteiger partial charge in [-0.15, -0.1) is 11.3 Å². The van der Waals surface area contributed by atoms with Crippen molar-refractivity contribution in [1.82, 2.24) is 0 Å². The lowest BCUT2D eigenvalue weighted by Gasteiger charge is -2.15. The molecule has 1 amide bonds. The largest absolute Gasteiger partial charge is 0.481 e. The van der Waals surface area contributed by atoms with Crippen LogP contribution in [0.2, 0.25) is 5.02 Å². The molecule has 0 aliphatic heterocycles. The predicted octanol–water partition coefficient (Wildman–Crippen LogP) is 4.46. The molecule has 1 aromatic carbocycles. The summed E-state index contributed by atoms with van der Waals surface area (Å²) in [6, 6.07) is 6.83. The van der Waals surface area contributed by atoms with Gasteiger partial charge in [0.15, 0.2) is 6.10 Å². The molecule has 0 bridgehead atoms. The van der Waals surface area contributed by atoms with Crippen LogP contribution in [0.25, 0.3) is 0 Å². The molecular formula is C18H20ClNO4S. The first-order valence-corrected chi connectivity index (χ1v) is 9.00. The molecule has 1 aromatic heterocycles. The summed E-state index contributed by atoms with van der Waals surface area (Å²) in [6.07, 6.45) is -0.0755. The molecule has 0 unspecified atom stereocenters. The van der Waals surface area contributed by atoms with Crippen LogP contribution in [0, 0.1) is 6.92 Å². The summed E-state index contributed by atoms with van der Waals surface area (Å²) in [6.45, 7) is 5.50. The van der Waals surface area contributed by atoms with Crippen molar-refractivity contribution in [3.8, 4) is 5.75 Å². The van der Waals surface area contributed by atoms with Gasteiger partial charge in [0, 0.05) is 9.90 Å². The zero-order valence-corrected chi connectivity index (χ0v) is 16.1. The predicted molar refractivity (Wildman–Crippen MR) is 99.9 cm³/mol. The minimum Gasteiger partial charge on any atom is -0.481 e. The second kappa shape index (κ2) is 8.36. The number of rotatable bonds is 6. The van der Waals surface area contributed by atoms with E-state index in [1.165, 1.54) is 18.4 Å². The molecule has 0 saturated heterocycles. The van der Waals surface area contributed by atoms with Crippen molar-refractivity contribution in [2.75, 3.05) is 12.4 Å². The number of esters is 1. The van der Waals surface area contributed by atoms with Crippen LogP contribution >= 0.6 is 22.9 Å². The SMILES string of the molecule is CCc1c(C)sc(NC(=O)[C@@H](C)Oc2cccc(Cl)c2)c1C(=O)OC. The van der Waals surface area contributed by atoms with Crippen LogP contribution in [-0.4, -0.2) is 25.1 Å². The molecule has 0 aliphatic rings. The van der Waals surface area contributed by atoms with Crippen LogP contribution in [0.5, 0.6) is 5.75 Å². The van der Waals surface area contributed by atoms with E-state index in [2.05, 4.69) is 5.32 Å². The first-order chi connectivity index (χ1) is 11.9. The molecule has 134 valence electrons.